The van der Waals surface area contributed by atoms with Gasteiger partial charge in [-0.15, -0.1) is 0 Å². The van der Waals surface area contributed by atoms with Crippen LogP contribution < -0.4 is 5.32 Å². The summed E-state index contributed by atoms with van der Waals surface area (Å²) in [7, 11) is 0. The van der Waals surface area contributed by atoms with Crippen LogP contribution in [0.2, 0.25) is 0 Å². The average Bonchev–Trinajstić information content (AvgIpc) is 3.19. The molecule has 18 heavy (non-hydrogen) atoms. The van der Waals surface area contributed by atoms with E-state index in [-0.39, 0.29) is 11.7 Å². The third kappa shape index (κ3) is 4.07. The van der Waals surface area contributed by atoms with Crippen molar-refractivity contribution in [3.05, 3.63) is 35.6 Å². The van der Waals surface area contributed by atoms with Crippen molar-refractivity contribution in [1.82, 2.24) is 5.32 Å². The fourth-order valence-electron chi connectivity index (χ4n) is 2.04. The third-order valence-corrected chi connectivity index (χ3v) is 3.36. The van der Waals surface area contributed by atoms with E-state index in [1.54, 1.807) is 6.07 Å². The molecule has 1 saturated carbocycles. The number of likely N-dealkylation sites (N-methyl/N-ethyl adjacent to an activating group) is 1. The fraction of sp³-hybridized carbons (Fsp3) is 0.600. The number of halogens is 1. The Kier molecular flexibility index (Phi) is 5.14. The predicted octanol–water partition coefficient (Wildman–Crippen LogP) is 2.95. The number of ether oxygens (including phenoxy) is 1. The lowest BCUT2D eigenvalue weighted by atomic mass is 9.99. The van der Waals surface area contributed by atoms with Gasteiger partial charge in [0, 0.05) is 19.1 Å². The van der Waals surface area contributed by atoms with Crippen molar-refractivity contribution in [3.8, 4) is 0 Å². The number of nitrogens with one attached hydrogen (secondary N) is 1. The van der Waals surface area contributed by atoms with Gasteiger partial charge in [0.1, 0.15) is 5.82 Å². The van der Waals surface area contributed by atoms with Gasteiger partial charge in [-0.3, -0.25) is 0 Å². The SMILES string of the molecule is CCNCC(COCC1CC1)c1ccccc1F. The Hall–Kier alpha value is -0.930. The standard InChI is InChI=1S/C15H22FNO/c1-2-17-9-13(11-18-10-12-7-8-12)14-5-3-4-6-15(14)16/h3-6,12-13,17H,2,7-11H2,1H3. The summed E-state index contributed by atoms with van der Waals surface area (Å²) in [6, 6.07) is 7.00. The summed E-state index contributed by atoms with van der Waals surface area (Å²) >= 11 is 0. The molecule has 0 aromatic heterocycles. The number of rotatable bonds is 8. The summed E-state index contributed by atoms with van der Waals surface area (Å²) < 4.78 is 19.5. The second-order valence-corrected chi connectivity index (χ2v) is 5.01. The van der Waals surface area contributed by atoms with Crippen LogP contribution in [0.15, 0.2) is 24.3 Å². The molecular weight excluding hydrogens is 229 g/mol. The highest BCUT2D eigenvalue weighted by molar-refractivity contribution is 5.22. The molecule has 1 fully saturated rings. The van der Waals surface area contributed by atoms with Crippen LogP contribution in [0.4, 0.5) is 4.39 Å². The molecule has 0 spiro atoms. The Balaban J connectivity index is 1.91. The first-order valence-electron chi connectivity index (χ1n) is 6.84. The summed E-state index contributed by atoms with van der Waals surface area (Å²) in [5.41, 5.74) is 0.759. The Morgan fingerprint density at radius 2 is 2.17 bits per heavy atom. The molecule has 2 nitrogen and oxygen atoms in total. The summed E-state index contributed by atoms with van der Waals surface area (Å²) in [6.45, 7) is 5.15. The van der Waals surface area contributed by atoms with Crippen molar-refractivity contribution in [2.45, 2.75) is 25.7 Å². The van der Waals surface area contributed by atoms with Crippen molar-refractivity contribution in [3.63, 3.8) is 0 Å². The maximum atomic E-state index is 13.8. The summed E-state index contributed by atoms with van der Waals surface area (Å²) in [5, 5.41) is 3.28. The van der Waals surface area contributed by atoms with Crippen LogP contribution in [0.5, 0.6) is 0 Å². The van der Waals surface area contributed by atoms with Gasteiger partial charge in [0.2, 0.25) is 0 Å². The van der Waals surface area contributed by atoms with E-state index in [9.17, 15) is 4.39 Å². The minimum absolute atomic E-state index is 0.102. The Morgan fingerprint density at radius 3 is 2.83 bits per heavy atom. The minimum atomic E-state index is -0.129. The molecule has 0 saturated heterocycles. The highest BCUT2D eigenvalue weighted by Gasteiger charge is 2.22. The zero-order valence-electron chi connectivity index (χ0n) is 11.0. The Morgan fingerprint density at radius 1 is 1.39 bits per heavy atom. The molecule has 0 bridgehead atoms. The van der Waals surface area contributed by atoms with E-state index in [2.05, 4.69) is 12.2 Å². The summed E-state index contributed by atoms with van der Waals surface area (Å²) in [5.74, 6) is 0.728. The molecule has 2 rings (SSSR count). The van der Waals surface area contributed by atoms with Crippen LogP contribution in [0.3, 0.4) is 0 Å². The highest BCUT2D eigenvalue weighted by Crippen LogP contribution is 2.29. The lowest BCUT2D eigenvalue weighted by Crippen LogP contribution is -2.25. The molecule has 1 aliphatic rings. The van der Waals surface area contributed by atoms with Crippen LogP contribution in [-0.4, -0.2) is 26.3 Å². The van der Waals surface area contributed by atoms with Crippen molar-refractivity contribution in [2.75, 3.05) is 26.3 Å². The monoisotopic (exact) mass is 251 g/mol. The molecule has 100 valence electrons. The molecule has 1 aromatic carbocycles. The van der Waals surface area contributed by atoms with E-state index in [1.807, 2.05) is 12.1 Å². The largest absolute Gasteiger partial charge is 0.380 e. The van der Waals surface area contributed by atoms with Gasteiger partial charge in [-0.2, -0.15) is 0 Å². The molecule has 0 radical (unpaired) electrons. The van der Waals surface area contributed by atoms with Crippen LogP contribution in [0.1, 0.15) is 31.2 Å². The van der Waals surface area contributed by atoms with Gasteiger partial charge in [-0.1, -0.05) is 25.1 Å². The molecule has 1 unspecified atom stereocenters. The maximum absolute atomic E-state index is 13.8. The molecule has 1 N–H and O–H groups in total. The fourth-order valence-corrected chi connectivity index (χ4v) is 2.04. The summed E-state index contributed by atoms with van der Waals surface area (Å²) in [4.78, 5) is 0. The van der Waals surface area contributed by atoms with E-state index in [4.69, 9.17) is 4.74 Å². The molecule has 1 aliphatic carbocycles. The van der Waals surface area contributed by atoms with Gasteiger partial charge in [0.25, 0.3) is 0 Å². The lowest BCUT2D eigenvalue weighted by Gasteiger charge is -2.18. The predicted molar refractivity (Wildman–Crippen MR) is 71.2 cm³/mol. The normalized spacial score (nSPS) is 16.8. The minimum Gasteiger partial charge on any atom is -0.380 e. The second-order valence-electron chi connectivity index (χ2n) is 5.01. The summed E-state index contributed by atoms with van der Waals surface area (Å²) in [6.07, 6.45) is 2.58. The first kappa shape index (κ1) is 13.5. The van der Waals surface area contributed by atoms with Gasteiger partial charge in [-0.25, -0.2) is 4.39 Å². The first-order chi connectivity index (χ1) is 8.81. The molecule has 0 amide bonds. The van der Waals surface area contributed by atoms with Crippen LogP contribution >= 0.6 is 0 Å². The smallest absolute Gasteiger partial charge is 0.126 e. The van der Waals surface area contributed by atoms with Gasteiger partial charge >= 0.3 is 0 Å². The van der Waals surface area contributed by atoms with Crippen molar-refractivity contribution < 1.29 is 9.13 Å². The van der Waals surface area contributed by atoms with E-state index in [1.165, 1.54) is 18.9 Å². The zero-order valence-corrected chi connectivity index (χ0v) is 11.0. The van der Waals surface area contributed by atoms with Crippen LogP contribution in [-0.2, 0) is 4.74 Å². The molecular formula is C15H22FNO. The number of hydrogen-bond donors (Lipinski definition) is 1. The average molecular weight is 251 g/mol. The van der Waals surface area contributed by atoms with Crippen molar-refractivity contribution in [1.29, 1.82) is 0 Å². The van der Waals surface area contributed by atoms with Gasteiger partial charge in [-0.05, 0) is 36.9 Å². The van der Waals surface area contributed by atoms with E-state index >= 15 is 0 Å². The van der Waals surface area contributed by atoms with Gasteiger partial charge in [0.15, 0.2) is 0 Å². The number of hydrogen-bond acceptors (Lipinski definition) is 2. The van der Waals surface area contributed by atoms with Crippen LogP contribution in [0.25, 0.3) is 0 Å². The Bertz CT molecular complexity index is 365. The first-order valence-corrected chi connectivity index (χ1v) is 6.84. The third-order valence-electron chi connectivity index (χ3n) is 3.36. The van der Waals surface area contributed by atoms with Crippen molar-refractivity contribution >= 4 is 0 Å². The van der Waals surface area contributed by atoms with E-state index in [0.29, 0.717) is 6.61 Å². The molecule has 0 heterocycles. The highest BCUT2D eigenvalue weighted by atomic mass is 19.1. The lowest BCUT2D eigenvalue weighted by molar-refractivity contribution is 0.109. The van der Waals surface area contributed by atoms with E-state index < -0.39 is 0 Å². The van der Waals surface area contributed by atoms with Gasteiger partial charge < -0.3 is 10.1 Å². The molecule has 0 aliphatic heterocycles. The number of benzene rings is 1. The maximum Gasteiger partial charge on any atom is 0.126 e. The molecule has 3 heteroatoms. The molecule has 1 atom stereocenters. The van der Waals surface area contributed by atoms with Crippen molar-refractivity contribution in [2.24, 2.45) is 5.92 Å². The zero-order chi connectivity index (χ0) is 12.8. The Labute approximate surface area is 109 Å². The topological polar surface area (TPSA) is 21.3 Å². The molecule has 1 aromatic rings. The second kappa shape index (κ2) is 6.86. The van der Waals surface area contributed by atoms with Gasteiger partial charge in [0.05, 0.1) is 6.61 Å². The quantitative estimate of drug-likeness (QED) is 0.767. The van der Waals surface area contributed by atoms with E-state index in [0.717, 1.165) is 31.2 Å². The van der Waals surface area contributed by atoms with Crippen LogP contribution in [0, 0.1) is 11.7 Å².